The maximum absolute atomic E-state index is 11.5. The van der Waals surface area contributed by atoms with Gasteiger partial charge in [-0.05, 0) is 31.7 Å². The van der Waals surface area contributed by atoms with E-state index in [1.54, 1.807) is 19.1 Å². The number of ether oxygens (including phenoxy) is 1. The quantitative estimate of drug-likeness (QED) is 0.821. The Morgan fingerprint density at radius 3 is 2.94 bits per heavy atom. The van der Waals surface area contributed by atoms with Gasteiger partial charge < -0.3 is 14.9 Å². The van der Waals surface area contributed by atoms with E-state index in [0.29, 0.717) is 30.7 Å². The van der Waals surface area contributed by atoms with Crippen LogP contribution in [0.5, 0.6) is 0 Å². The van der Waals surface area contributed by atoms with Crippen molar-refractivity contribution in [2.75, 3.05) is 13.2 Å². The van der Waals surface area contributed by atoms with Crippen LogP contribution in [-0.2, 0) is 11.2 Å². The van der Waals surface area contributed by atoms with Crippen molar-refractivity contribution in [1.29, 1.82) is 0 Å². The average Bonchev–Trinajstić information content (AvgIpc) is 2.71. The number of rotatable bonds is 4. The summed E-state index contributed by atoms with van der Waals surface area (Å²) < 4.78 is 10.5. The Hall–Kier alpha value is -1.81. The van der Waals surface area contributed by atoms with Gasteiger partial charge in [-0.25, -0.2) is 4.79 Å². The molecule has 0 atom stereocenters. The molecule has 2 rings (SSSR count). The van der Waals surface area contributed by atoms with Gasteiger partial charge >= 0.3 is 5.97 Å². The van der Waals surface area contributed by atoms with Crippen LogP contribution in [0.25, 0.3) is 11.0 Å². The molecule has 0 radical (unpaired) electrons. The molecule has 0 aliphatic rings. The molecule has 0 bridgehead atoms. The molecule has 0 fully saturated rings. The average molecular weight is 233 g/mol. The van der Waals surface area contributed by atoms with Crippen LogP contribution in [0.2, 0.25) is 0 Å². The summed E-state index contributed by atoms with van der Waals surface area (Å²) in [5.41, 5.74) is 6.67. The SMILES string of the molecule is CCOC(=O)c1ccc2cc(CCN)oc2c1. The topological polar surface area (TPSA) is 65.5 Å². The summed E-state index contributed by atoms with van der Waals surface area (Å²) in [6, 6.07) is 7.23. The van der Waals surface area contributed by atoms with Gasteiger partial charge in [0.05, 0.1) is 12.2 Å². The number of furan rings is 1. The van der Waals surface area contributed by atoms with Crippen molar-refractivity contribution in [3.8, 4) is 0 Å². The number of nitrogens with two attached hydrogens (primary N) is 1. The van der Waals surface area contributed by atoms with Crippen molar-refractivity contribution in [2.45, 2.75) is 13.3 Å². The molecule has 0 spiro atoms. The zero-order valence-corrected chi connectivity index (χ0v) is 9.73. The minimum Gasteiger partial charge on any atom is -0.462 e. The molecule has 90 valence electrons. The second-order valence-corrected chi connectivity index (χ2v) is 3.72. The zero-order chi connectivity index (χ0) is 12.3. The van der Waals surface area contributed by atoms with E-state index in [0.717, 1.165) is 11.1 Å². The Morgan fingerprint density at radius 1 is 1.41 bits per heavy atom. The third-order valence-electron chi connectivity index (χ3n) is 2.47. The Labute approximate surface area is 99.3 Å². The van der Waals surface area contributed by atoms with Gasteiger partial charge in [0, 0.05) is 11.8 Å². The van der Waals surface area contributed by atoms with E-state index in [1.807, 2.05) is 12.1 Å². The normalized spacial score (nSPS) is 10.7. The summed E-state index contributed by atoms with van der Waals surface area (Å²) in [5, 5.41) is 0.974. The van der Waals surface area contributed by atoms with Crippen LogP contribution in [-0.4, -0.2) is 19.1 Å². The van der Waals surface area contributed by atoms with E-state index in [2.05, 4.69) is 0 Å². The molecule has 4 nitrogen and oxygen atoms in total. The number of benzene rings is 1. The summed E-state index contributed by atoms with van der Waals surface area (Å²) >= 11 is 0. The molecule has 2 aromatic rings. The molecule has 0 aliphatic heterocycles. The first kappa shape index (κ1) is 11.7. The van der Waals surface area contributed by atoms with Gasteiger partial charge in [-0.2, -0.15) is 0 Å². The Kier molecular flexibility index (Phi) is 3.44. The fourth-order valence-corrected chi connectivity index (χ4v) is 1.69. The van der Waals surface area contributed by atoms with E-state index < -0.39 is 0 Å². The number of esters is 1. The summed E-state index contributed by atoms with van der Waals surface area (Å²) in [6.45, 7) is 2.70. The van der Waals surface area contributed by atoms with Gasteiger partial charge in [0.2, 0.25) is 0 Å². The van der Waals surface area contributed by atoms with Gasteiger partial charge in [0.15, 0.2) is 0 Å². The van der Waals surface area contributed by atoms with Crippen LogP contribution >= 0.6 is 0 Å². The molecule has 2 N–H and O–H groups in total. The molecule has 17 heavy (non-hydrogen) atoms. The van der Waals surface area contributed by atoms with Crippen LogP contribution in [0.15, 0.2) is 28.7 Å². The maximum Gasteiger partial charge on any atom is 0.338 e. The number of fused-ring (bicyclic) bond motifs is 1. The van der Waals surface area contributed by atoms with E-state index in [1.165, 1.54) is 0 Å². The molecule has 4 heteroatoms. The Bertz CT molecular complexity index is 530. The van der Waals surface area contributed by atoms with E-state index in [-0.39, 0.29) is 5.97 Å². The fraction of sp³-hybridized carbons (Fsp3) is 0.308. The molecule has 0 saturated heterocycles. The van der Waals surface area contributed by atoms with Crippen molar-refractivity contribution < 1.29 is 13.9 Å². The van der Waals surface area contributed by atoms with Crippen molar-refractivity contribution >= 4 is 16.9 Å². The van der Waals surface area contributed by atoms with Crippen LogP contribution in [0.1, 0.15) is 23.0 Å². The van der Waals surface area contributed by atoms with Gasteiger partial charge in [-0.15, -0.1) is 0 Å². The van der Waals surface area contributed by atoms with Gasteiger partial charge in [0.25, 0.3) is 0 Å². The standard InChI is InChI=1S/C13H15NO3/c1-2-16-13(15)10-4-3-9-7-11(5-6-14)17-12(9)8-10/h3-4,7-8H,2,5-6,14H2,1H3. The zero-order valence-electron chi connectivity index (χ0n) is 9.73. The van der Waals surface area contributed by atoms with Crippen molar-refractivity contribution in [2.24, 2.45) is 5.73 Å². The third kappa shape index (κ3) is 2.47. The number of carbonyl (C=O) groups excluding carboxylic acids is 1. The minimum absolute atomic E-state index is 0.328. The van der Waals surface area contributed by atoms with Gasteiger partial charge in [-0.1, -0.05) is 6.07 Å². The Morgan fingerprint density at radius 2 is 2.24 bits per heavy atom. The summed E-state index contributed by atoms with van der Waals surface area (Å²) in [5.74, 6) is 0.509. The van der Waals surface area contributed by atoms with Crippen LogP contribution < -0.4 is 5.73 Å². The van der Waals surface area contributed by atoms with Gasteiger partial charge in [0.1, 0.15) is 11.3 Å². The first-order valence-corrected chi connectivity index (χ1v) is 5.64. The summed E-state index contributed by atoms with van der Waals surface area (Å²) in [6.07, 6.45) is 0.698. The second-order valence-electron chi connectivity index (χ2n) is 3.72. The van der Waals surface area contributed by atoms with Crippen molar-refractivity contribution in [3.63, 3.8) is 0 Å². The highest BCUT2D eigenvalue weighted by Gasteiger charge is 2.09. The lowest BCUT2D eigenvalue weighted by Crippen LogP contribution is -2.03. The summed E-state index contributed by atoms with van der Waals surface area (Å²) in [7, 11) is 0. The van der Waals surface area contributed by atoms with E-state index >= 15 is 0 Å². The predicted molar refractivity (Wildman–Crippen MR) is 64.9 cm³/mol. The largest absolute Gasteiger partial charge is 0.462 e. The number of hydrogen-bond donors (Lipinski definition) is 1. The highest BCUT2D eigenvalue weighted by atomic mass is 16.5. The van der Waals surface area contributed by atoms with Crippen LogP contribution in [0.4, 0.5) is 0 Å². The van der Waals surface area contributed by atoms with Crippen LogP contribution in [0, 0.1) is 0 Å². The molecule has 0 saturated carbocycles. The fourth-order valence-electron chi connectivity index (χ4n) is 1.69. The molecule has 1 aromatic carbocycles. The van der Waals surface area contributed by atoms with E-state index in [9.17, 15) is 4.79 Å². The highest BCUT2D eigenvalue weighted by Crippen LogP contribution is 2.21. The Balaban J connectivity index is 2.33. The summed E-state index contributed by atoms with van der Waals surface area (Å²) in [4.78, 5) is 11.5. The predicted octanol–water partition coefficient (Wildman–Crippen LogP) is 2.11. The maximum atomic E-state index is 11.5. The number of hydrogen-bond acceptors (Lipinski definition) is 4. The second kappa shape index (κ2) is 5.01. The van der Waals surface area contributed by atoms with Crippen molar-refractivity contribution in [3.05, 3.63) is 35.6 Å². The molecular formula is C13H15NO3. The molecular weight excluding hydrogens is 218 g/mol. The molecule has 0 unspecified atom stereocenters. The molecule has 1 heterocycles. The first-order valence-electron chi connectivity index (χ1n) is 5.64. The highest BCUT2D eigenvalue weighted by molar-refractivity contribution is 5.94. The lowest BCUT2D eigenvalue weighted by atomic mass is 10.1. The molecule has 0 amide bonds. The minimum atomic E-state index is -0.328. The first-order chi connectivity index (χ1) is 8.24. The van der Waals surface area contributed by atoms with E-state index in [4.69, 9.17) is 14.9 Å². The van der Waals surface area contributed by atoms with Crippen molar-refractivity contribution in [1.82, 2.24) is 0 Å². The monoisotopic (exact) mass is 233 g/mol. The lowest BCUT2D eigenvalue weighted by Gasteiger charge is -2.00. The lowest BCUT2D eigenvalue weighted by molar-refractivity contribution is 0.0526. The van der Waals surface area contributed by atoms with Gasteiger partial charge in [-0.3, -0.25) is 0 Å². The third-order valence-corrected chi connectivity index (χ3v) is 2.47. The molecule has 1 aromatic heterocycles. The molecule has 0 aliphatic carbocycles. The number of carbonyl (C=O) groups is 1. The van der Waals surface area contributed by atoms with Crippen LogP contribution in [0.3, 0.4) is 0 Å². The smallest absolute Gasteiger partial charge is 0.338 e.